The predicted molar refractivity (Wildman–Crippen MR) is 103 cm³/mol. The molecule has 0 fully saturated rings. The van der Waals surface area contributed by atoms with Crippen molar-refractivity contribution >= 4 is 23.2 Å². The number of carbonyl (C=O) groups is 2. The highest BCUT2D eigenvalue weighted by Gasteiger charge is 2.16. The number of amides is 2. The van der Waals surface area contributed by atoms with Gasteiger partial charge in [0, 0.05) is 18.3 Å². The van der Waals surface area contributed by atoms with E-state index in [9.17, 15) is 9.59 Å². The standard InChI is InChI=1S/C21H26N2O2/c1-14(2)18-7-9-19(10-8-18)22-21(25)13-23(17(5)24)20-11-6-15(3)16(4)12-20/h6-12,14H,13H2,1-5H3,(H,22,25). The second-order valence-electron chi connectivity index (χ2n) is 6.70. The van der Waals surface area contributed by atoms with Crippen LogP contribution in [-0.4, -0.2) is 18.4 Å². The fraction of sp³-hybridized carbons (Fsp3) is 0.333. The van der Waals surface area contributed by atoms with E-state index in [1.807, 2.05) is 56.3 Å². The van der Waals surface area contributed by atoms with E-state index in [2.05, 4.69) is 19.2 Å². The molecule has 0 aromatic heterocycles. The summed E-state index contributed by atoms with van der Waals surface area (Å²) in [5.41, 5.74) is 4.94. The van der Waals surface area contributed by atoms with Gasteiger partial charge in [-0.25, -0.2) is 0 Å². The molecule has 0 aliphatic rings. The molecule has 0 spiro atoms. The summed E-state index contributed by atoms with van der Waals surface area (Å²) in [7, 11) is 0. The number of anilines is 2. The average molecular weight is 338 g/mol. The van der Waals surface area contributed by atoms with Crippen LogP contribution in [0.5, 0.6) is 0 Å². The zero-order valence-corrected chi connectivity index (χ0v) is 15.6. The molecule has 25 heavy (non-hydrogen) atoms. The molecule has 4 nitrogen and oxygen atoms in total. The maximum absolute atomic E-state index is 12.4. The summed E-state index contributed by atoms with van der Waals surface area (Å²) in [5.74, 6) is 0.0713. The van der Waals surface area contributed by atoms with Gasteiger partial charge in [-0.05, 0) is 60.7 Å². The zero-order chi connectivity index (χ0) is 18.6. The summed E-state index contributed by atoms with van der Waals surface area (Å²) in [6.45, 7) is 9.73. The number of hydrogen-bond acceptors (Lipinski definition) is 2. The van der Waals surface area contributed by atoms with Crippen LogP contribution in [-0.2, 0) is 9.59 Å². The van der Waals surface area contributed by atoms with Gasteiger partial charge in [-0.2, -0.15) is 0 Å². The van der Waals surface area contributed by atoms with Crippen LogP contribution in [0.25, 0.3) is 0 Å². The summed E-state index contributed by atoms with van der Waals surface area (Å²) in [6, 6.07) is 13.6. The minimum Gasteiger partial charge on any atom is -0.325 e. The molecule has 2 rings (SSSR count). The van der Waals surface area contributed by atoms with Gasteiger partial charge in [-0.1, -0.05) is 32.0 Å². The van der Waals surface area contributed by atoms with Gasteiger partial charge in [0.15, 0.2) is 0 Å². The topological polar surface area (TPSA) is 49.4 Å². The first-order valence-electron chi connectivity index (χ1n) is 8.53. The lowest BCUT2D eigenvalue weighted by Gasteiger charge is -2.21. The van der Waals surface area contributed by atoms with Crippen molar-refractivity contribution in [3.05, 3.63) is 59.2 Å². The number of nitrogens with one attached hydrogen (secondary N) is 1. The number of benzene rings is 2. The van der Waals surface area contributed by atoms with Gasteiger partial charge in [0.2, 0.25) is 11.8 Å². The molecule has 0 saturated carbocycles. The number of hydrogen-bond donors (Lipinski definition) is 1. The third-order valence-corrected chi connectivity index (χ3v) is 4.35. The minimum atomic E-state index is -0.217. The van der Waals surface area contributed by atoms with Gasteiger partial charge in [-0.3, -0.25) is 9.59 Å². The predicted octanol–water partition coefficient (Wildman–Crippen LogP) is 4.42. The van der Waals surface area contributed by atoms with E-state index in [4.69, 9.17) is 0 Å². The number of carbonyl (C=O) groups excluding carboxylic acids is 2. The van der Waals surface area contributed by atoms with Crippen LogP contribution in [0, 0.1) is 13.8 Å². The van der Waals surface area contributed by atoms with Crippen molar-refractivity contribution in [2.75, 3.05) is 16.8 Å². The molecule has 4 heteroatoms. The van der Waals surface area contributed by atoms with E-state index in [0.29, 0.717) is 5.92 Å². The number of rotatable bonds is 5. The van der Waals surface area contributed by atoms with Crippen molar-refractivity contribution in [1.82, 2.24) is 0 Å². The Labute approximate surface area is 149 Å². The zero-order valence-electron chi connectivity index (χ0n) is 15.6. The lowest BCUT2D eigenvalue weighted by atomic mass is 10.0. The van der Waals surface area contributed by atoms with Gasteiger partial charge in [0.05, 0.1) is 0 Å². The summed E-state index contributed by atoms with van der Waals surface area (Å²) < 4.78 is 0. The third-order valence-electron chi connectivity index (χ3n) is 4.35. The molecule has 2 aromatic rings. The molecule has 132 valence electrons. The van der Waals surface area contributed by atoms with Crippen LogP contribution in [0.4, 0.5) is 11.4 Å². The maximum Gasteiger partial charge on any atom is 0.244 e. The van der Waals surface area contributed by atoms with E-state index >= 15 is 0 Å². The van der Waals surface area contributed by atoms with Crippen molar-refractivity contribution in [3.8, 4) is 0 Å². The van der Waals surface area contributed by atoms with Crippen LogP contribution in [0.1, 0.15) is 43.4 Å². The molecular weight excluding hydrogens is 312 g/mol. The van der Waals surface area contributed by atoms with Crippen LogP contribution in [0.3, 0.4) is 0 Å². The van der Waals surface area contributed by atoms with Crippen LogP contribution in [0.2, 0.25) is 0 Å². The maximum atomic E-state index is 12.4. The normalized spacial score (nSPS) is 10.6. The van der Waals surface area contributed by atoms with Crippen molar-refractivity contribution < 1.29 is 9.59 Å². The Morgan fingerprint density at radius 2 is 1.64 bits per heavy atom. The van der Waals surface area contributed by atoms with Gasteiger partial charge in [0.1, 0.15) is 6.54 Å². The summed E-state index contributed by atoms with van der Waals surface area (Å²) >= 11 is 0. The lowest BCUT2D eigenvalue weighted by Crippen LogP contribution is -2.36. The largest absolute Gasteiger partial charge is 0.325 e. The molecule has 0 saturated heterocycles. The second kappa shape index (κ2) is 7.97. The molecule has 2 aromatic carbocycles. The first kappa shape index (κ1) is 18.7. The number of nitrogens with zero attached hydrogens (tertiary/aromatic N) is 1. The molecule has 0 atom stereocenters. The molecular formula is C21H26N2O2. The SMILES string of the molecule is CC(=O)N(CC(=O)Nc1ccc(C(C)C)cc1)c1ccc(C)c(C)c1. The second-order valence-corrected chi connectivity index (χ2v) is 6.70. The quantitative estimate of drug-likeness (QED) is 0.877. The highest BCUT2D eigenvalue weighted by Crippen LogP contribution is 2.20. The fourth-order valence-corrected chi connectivity index (χ4v) is 2.57. The Balaban J connectivity index is 2.09. The van der Waals surface area contributed by atoms with E-state index in [-0.39, 0.29) is 18.4 Å². The van der Waals surface area contributed by atoms with Crippen molar-refractivity contribution in [2.24, 2.45) is 0 Å². The summed E-state index contributed by atoms with van der Waals surface area (Å²) in [5, 5.41) is 2.86. The average Bonchev–Trinajstić information content (AvgIpc) is 2.55. The molecule has 0 heterocycles. The first-order valence-corrected chi connectivity index (χ1v) is 8.53. The minimum absolute atomic E-state index is 0.0102. The van der Waals surface area contributed by atoms with Crippen molar-refractivity contribution in [3.63, 3.8) is 0 Å². The van der Waals surface area contributed by atoms with Crippen LogP contribution < -0.4 is 10.2 Å². The highest BCUT2D eigenvalue weighted by molar-refractivity contribution is 6.01. The molecule has 0 aliphatic heterocycles. The van der Waals surface area contributed by atoms with Crippen LogP contribution in [0.15, 0.2) is 42.5 Å². The molecule has 1 N–H and O–H groups in total. The van der Waals surface area contributed by atoms with Crippen molar-refractivity contribution in [2.45, 2.75) is 40.5 Å². The van der Waals surface area contributed by atoms with E-state index < -0.39 is 0 Å². The van der Waals surface area contributed by atoms with Crippen molar-refractivity contribution in [1.29, 1.82) is 0 Å². The van der Waals surface area contributed by atoms with Gasteiger partial charge < -0.3 is 10.2 Å². The molecule has 0 unspecified atom stereocenters. The molecule has 2 amide bonds. The monoisotopic (exact) mass is 338 g/mol. The Morgan fingerprint density at radius 1 is 1.00 bits per heavy atom. The van der Waals surface area contributed by atoms with Crippen LogP contribution >= 0.6 is 0 Å². The lowest BCUT2D eigenvalue weighted by molar-refractivity contribution is -0.120. The summed E-state index contributed by atoms with van der Waals surface area (Å²) in [4.78, 5) is 25.9. The fourth-order valence-electron chi connectivity index (χ4n) is 2.57. The van der Waals surface area contributed by atoms with E-state index in [1.54, 1.807) is 0 Å². The third kappa shape index (κ3) is 4.92. The Bertz CT molecular complexity index is 764. The smallest absolute Gasteiger partial charge is 0.244 e. The molecule has 0 radical (unpaired) electrons. The van der Waals surface area contributed by atoms with Gasteiger partial charge in [-0.15, -0.1) is 0 Å². The Morgan fingerprint density at radius 3 is 2.16 bits per heavy atom. The molecule has 0 bridgehead atoms. The highest BCUT2D eigenvalue weighted by atomic mass is 16.2. The summed E-state index contributed by atoms with van der Waals surface area (Å²) in [6.07, 6.45) is 0. The van der Waals surface area contributed by atoms with Gasteiger partial charge >= 0.3 is 0 Å². The number of aryl methyl sites for hydroxylation is 2. The Kier molecular flexibility index (Phi) is 5.97. The molecule has 0 aliphatic carbocycles. The van der Waals surface area contributed by atoms with E-state index in [1.165, 1.54) is 17.4 Å². The van der Waals surface area contributed by atoms with E-state index in [0.717, 1.165) is 22.5 Å². The first-order chi connectivity index (χ1) is 11.8. The Hall–Kier alpha value is -2.62. The van der Waals surface area contributed by atoms with Gasteiger partial charge in [0.25, 0.3) is 0 Å².